The number of methoxy groups -OCH3 is 1. The third-order valence-corrected chi connectivity index (χ3v) is 5.85. The highest BCUT2D eigenvalue weighted by Crippen LogP contribution is 2.32. The SMILES string of the molecule is C=CC.CCC1CCN(c2nc(-c3ccccc3C)nc3cc(C)ccc23)C1.COC(C)C. The molecule has 2 aromatic carbocycles. The van der Waals surface area contributed by atoms with Crippen LogP contribution in [0.5, 0.6) is 0 Å². The Morgan fingerprint density at radius 3 is 2.39 bits per heavy atom. The van der Waals surface area contributed by atoms with Gasteiger partial charge in [0.05, 0.1) is 11.6 Å². The monoisotopic (exact) mass is 447 g/mol. The molecule has 0 saturated carbocycles. The first-order valence-corrected chi connectivity index (χ1v) is 12.0. The van der Waals surface area contributed by atoms with Gasteiger partial charge in [-0.3, -0.25) is 0 Å². The normalized spacial score (nSPS) is 15.0. The summed E-state index contributed by atoms with van der Waals surface area (Å²) in [5.74, 6) is 2.71. The second kappa shape index (κ2) is 13.1. The fourth-order valence-electron chi connectivity index (χ4n) is 3.77. The number of aryl methyl sites for hydroxylation is 2. The highest BCUT2D eigenvalue weighted by Gasteiger charge is 2.24. The van der Waals surface area contributed by atoms with E-state index in [4.69, 9.17) is 14.7 Å². The Morgan fingerprint density at radius 1 is 1.15 bits per heavy atom. The molecule has 1 aliphatic rings. The molecule has 1 aromatic heterocycles. The van der Waals surface area contributed by atoms with E-state index in [0.717, 1.165) is 41.7 Å². The van der Waals surface area contributed by atoms with Crippen molar-refractivity contribution < 1.29 is 4.74 Å². The molecule has 0 bridgehead atoms. The summed E-state index contributed by atoms with van der Waals surface area (Å²) in [6, 6.07) is 14.9. The molecule has 33 heavy (non-hydrogen) atoms. The number of anilines is 1. The quantitative estimate of drug-likeness (QED) is 0.391. The predicted molar refractivity (Wildman–Crippen MR) is 143 cm³/mol. The highest BCUT2D eigenvalue weighted by atomic mass is 16.5. The zero-order valence-electron chi connectivity index (χ0n) is 21.6. The Bertz CT molecular complexity index is 1030. The largest absolute Gasteiger partial charge is 0.382 e. The van der Waals surface area contributed by atoms with E-state index in [1.807, 2.05) is 20.8 Å². The first-order chi connectivity index (χ1) is 15.8. The maximum absolute atomic E-state index is 5.03. The Morgan fingerprint density at radius 2 is 1.82 bits per heavy atom. The van der Waals surface area contributed by atoms with E-state index in [-0.39, 0.29) is 0 Å². The molecule has 178 valence electrons. The standard InChI is InChI=1S/C22H25N3.C4H10O.C3H6/c1-4-17-11-12-25(14-17)22-19-10-9-15(2)13-20(19)23-21(24-22)18-8-6-5-7-16(18)3;1-4(2)5-3;1-3-2/h5-10,13,17H,4,11-12,14H2,1-3H3;4H,1-3H3;3H,1H2,2H3. The van der Waals surface area contributed by atoms with Crippen molar-refractivity contribution >= 4 is 16.7 Å². The van der Waals surface area contributed by atoms with Crippen LogP contribution in [0.25, 0.3) is 22.3 Å². The fourth-order valence-corrected chi connectivity index (χ4v) is 3.77. The number of ether oxygens (including phenoxy) is 1. The van der Waals surface area contributed by atoms with Gasteiger partial charge < -0.3 is 9.64 Å². The molecule has 0 N–H and O–H groups in total. The van der Waals surface area contributed by atoms with Crippen LogP contribution in [-0.4, -0.2) is 36.3 Å². The van der Waals surface area contributed by atoms with Crippen molar-refractivity contribution in [1.29, 1.82) is 0 Å². The molecule has 2 heterocycles. The third kappa shape index (κ3) is 7.40. The summed E-state index contributed by atoms with van der Waals surface area (Å²) >= 11 is 0. The van der Waals surface area contributed by atoms with E-state index in [1.165, 1.54) is 29.4 Å². The lowest BCUT2D eigenvalue weighted by Crippen LogP contribution is -2.21. The number of nitrogens with zero attached hydrogens (tertiary/aromatic N) is 3. The summed E-state index contributed by atoms with van der Waals surface area (Å²) in [5, 5.41) is 1.17. The molecule has 3 aromatic rings. The van der Waals surface area contributed by atoms with Crippen LogP contribution in [0.2, 0.25) is 0 Å². The molecule has 1 unspecified atom stereocenters. The second-order valence-corrected chi connectivity index (χ2v) is 8.91. The highest BCUT2D eigenvalue weighted by molar-refractivity contribution is 5.91. The van der Waals surface area contributed by atoms with Gasteiger partial charge in [0.25, 0.3) is 0 Å². The predicted octanol–water partition coefficient (Wildman–Crippen LogP) is 7.38. The van der Waals surface area contributed by atoms with E-state index in [2.05, 4.69) is 74.7 Å². The van der Waals surface area contributed by atoms with Crippen molar-refractivity contribution in [1.82, 2.24) is 9.97 Å². The van der Waals surface area contributed by atoms with Crippen molar-refractivity contribution in [3.05, 3.63) is 66.2 Å². The van der Waals surface area contributed by atoms with E-state index in [1.54, 1.807) is 13.2 Å². The zero-order valence-corrected chi connectivity index (χ0v) is 21.6. The van der Waals surface area contributed by atoms with Crippen LogP contribution < -0.4 is 4.90 Å². The third-order valence-electron chi connectivity index (χ3n) is 5.85. The summed E-state index contributed by atoms with van der Waals surface area (Å²) in [6.07, 6.45) is 4.63. The average Bonchev–Trinajstić information content (AvgIpc) is 3.28. The van der Waals surface area contributed by atoms with E-state index < -0.39 is 0 Å². The molecule has 4 rings (SSSR count). The van der Waals surface area contributed by atoms with Crippen LogP contribution >= 0.6 is 0 Å². The molecule has 1 fully saturated rings. The zero-order chi connectivity index (χ0) is 24.4. The summed E-state index contributed by atoms with van der Waals surface area (Å²) < 4.78 is 4.75. The minimum absolute atomic E-state index is 0.384. The van der Waals surface area contributed by atoms with Crippen LogP contribution in [-0.2, 0) is 4.74 Å². The van der Waals surface area contributed by atoms with E-state index in [0.29, 0.717) is 6.10 Å². The molecule has 1 saturated heterocycles. The van der Waals surface area contributed by atoms with Crippen LogP contribution in [0.3, 0.4) is 0 Å². The lowest BCUT2D eigenvalue weighted by molar-refractivity contribution is 0.134. The van der Waals surface area contributed by atoms with Crippen LogP contribution in [0.4, 0.5) is 5.82 Å². The van der Waals surface area contributed by atoms with Crippen molar-refractivity contribution in [2.24, 2.45) is 5.92 Å². The van der Waals surface area contributed by atoms with Crippen LogP contribution in [0.15, 0.2) is 55.1 Å². The lowest BCUT2D eigenvalue weighted by Gasteiger charge is -2.20. The van der Waals surface area contributed by atoms with Crippen LogP contribution in [0.1, 0.15) is 51.7 Å². The number of fused-ring (bicyclic) bond motifs is 1. The molecule has 0 amide bonds. The van der Waals surface area contributed by atoms with Gasteiger partial charge in [-0.1, -0.05) is 49.8 Å². The summed E-state index contributed by atoms with van der Waals surface area (Å²) in [6.45, 7) is 18.0. The number of aromatic nitrogens is 2. The minimum atomic E-state index is 0.384. The molecule has 0 aliphatic carbocycles. The smallest absolute Gasteiger partial charge is 0.162 e. The lowest BCUT2D eigenvalue weighted by atomic mass is 10.1. The molecule has 0 radical (unpaired) electrons. The van der Waals surface area contributed by atoms with Crippen molar-refractivity contribution in [3.8, 4) is 11.4 Å². The Labute approximate surface area is 200 Å². The number of benzene rings is 2. The van der Waals surface area contributed by atoms with Gasteiger partial charge in [-0.15, -0.1) is 6.58 Å². The maximum atomic E-state index is 5.03. The first-order valence-electron chi connectivity index (χ1n) is 12.0. The Hall–Kier alpha value is -2.72. The van der Waals surface area contributed by atoms with Crippen LogP contribution in [0, 0.1) is 19.8 Å². The molecular weight excluding hydrogens is 406 g/mol. The Balaban J connectivity index is 0.000000420. The van der Waals surface area contributed by atoms with E-state index >= 15 is 0 Å². The van der Waals surface area contributed by atoms with Gasteiger partial charge in [-0.25, -0.2) is 9.97 Å². The molecule has 1 aliphatic heterocycles. The molecular formula is C29H41N3O. The molecule has 4 heteroatoms. The summed E-state index contributed by atoms with van der Waals surface area (Å²) in [7, 11) is 1.70. The number of hydrogen-bond donors (Lipinski definition) is 0. The second-order valence-electron chi connectivity index (χ2n) is 8.91. The van der Waals surface area contributed by atoms with E-state index in [9.17, 15) is 0 Å². The molecule has 1 atom stereocenters. The minimum Gasteiger partial charge on any atom is -0.382 e. The number of rotatable bonds is 4. The van der Waals surface area contributed by atoms with Gasteiger partial charge in [0.1, 0.15) is 5.82 Å². The van der Waals surface area contributed by atoms with Crippen molar-refractivity contribution in [3.63, 3.8) is 0 Å². The number of hydrogen-bond acceptors (Lipinski definition) is 4. The van der Waals surface area contributed by atoms with Gasteiger partial charge in [0, 0.05) is 31.1 Å². The van der Waals surface area contributed by atoms with Gasteiger partial charge in [-0.2, -0.15) is 0 Å². The fraction of sp³-hybridized carbons (Fsp3) is 0.448. The van der Waals surface area contributed by atoms with Gasteiger partial charge in [-0.05, 0) is 70.2 Å². The van der Waals surface area contributed by atoms with Gasteiger partial charge in [0.2, 0.25) is 0 Å². The van der Waals surface area contributed by atoms with Crippen molar-refractivity contribution in [2.45, 2.75) is 60.5 Å². The Kier molecular flexibility index (Phi) is 10.5. The van der Waals surface area contributed by atoms with Crippen molar-refractivity contribution in [2.75, 3.05) is 25.1 Å². The first kappa shape index (κ1) is 26.5. The summed E-state index contributed by atoms with van der Waals surface area (Å²) in [5.41, 5.74) is 4.62. The number of allylic oxidation sites excluding steroid dienone is 1. The topological polar surface area (TPSA) is 38.2 Å². The molecule has 4 nitrogen and oxygen atoms in total. The van der Waals surface area contributed by atoms with Gasteiger partial charge in [0.15, 0.2) is 5.82 Å². The average molecular weight is 448 g/mol. The maximum Gasteiger partial charge on any atom is 0.162 e. The van der Waals surface area contributed by atoms with Gasteiger partial charge >= 0.3 is 0 Å². The molecule has 0 spiro atoms. The summed E-state index contributed by atoms with van der Waals surface area (Å²) in [4.78, 5) is 12.4.